The van der Waals surface area contributed by atoms with Crippen LogP contribution in [0, 0.1) is 0 Å². The van der Waals surface area contributed by atoms with Gasteiger partial charge in [0.2, 0.25) is 0 Å². The second-order valence-corrected chi connectivity index (χ2v) is 4.40. The quantitative estimate of drug-likeness (QED) is 0.775. The maximum atomic E-state index is 3.21. The molecular formula is C15H16N2. The smallest absolute Gasteiger partial charge is 0.0454 e. The lowest BCUT2D eigenvalue weighted by Crippen LogP contribution is -2.20. The lowest BCUT2D eigenvalue weighted by Gasteiger charge is -2.20. The molecule has 1 aliphatic rings. The Morgan fingerprint density at radius 2 is 2.18 bits per heavy atom. The van der Waals surface area contributed by atoms with Crippen LogP contribution in [-0.2, 0) is 0 Å². The molecule has 2 nitrogen and oxygen atoms in total. The molecular weight excluding hydrogens is 208 g/mol. The number of nitrogens with zero attached hydrogens (tertiary/aromatic N) is 1. The minimum Gasteiger partial charge on any atom is -0.373 e. The van der Waals surface area contributed by atoms with Crippen molar-refractivity contribution in [3.8, 4) is 0 Å². The van der Waals surface area contributed by atoms with Crippen molar-refractivity contribution < 1.29 is 0 Å². The molecule has 0 aliphatic carbocycles. The highest BCUT2D eigenvalue weighted by Crippen LogP contribution is 2.15. The van der Waals surface area contributed by atoms with Crippen molar-refractivity contribution in [1.29, 1.82) is 0 Å². The number of fused-ring (bicyclic) bond motifs is 1. The van der Waals surface area contributed by atoms with Gasteiger partial charge < -0.3 is 9.88 Å². The van der Waals surface area contributed by atoms with Gasteiger partial charge in [0.15, 0.2) is 0 Å². The van der Waals surface area contributed by atoms with Crippen molar-refractivity contribution in [3.05, 3.63) is 54.4 Å². The second-order valence-electron chi connectivity index (χ2n) is 4.40. The number of hydrogen-bond acceptors (Lipinski definition) is 1. The summed E-state index contributed by atoms with van der Waals surface area (Å²) in [5.74, 6) is 0. The fourth-order valence-electron chi connectivity index (χ4n) is 2.16. The fraction of sp³-hybridized carbons (Fsp3) is 0.200. The molecule has 0 saturated carbocycles. The van der Waals surface area contributed by atoms with E-state index in [1.807, 2.05) is 6.20 Å². The van der Waals surface area contributed by atoms with Crippen LogP contribution in [0.15, 0.2) is 48.8 Å². The van der Waals surface area contributed by atoms with Crippen molar-refractivity contribution >= 4 is 17.0 Å². The van der Waals surface area contributed by atoms with E-state index >= 15 is 0 Å². The van der Waals surface area contributed by atoms with Crippen LogP contribution in [0.2, 0.25) is 0 Å². The van der Waals surface area contributed by atoms with E-state index in [4.69, 9.17) is 0 Å². The molecule has 0 fully saturated rings. The Bertz CT molecular complexity index is 563. The van der Waals surface area contributed by atoms with Crippen LogP contribution >= 0.6 is 0 Å². The zero-order valence-electron chi connectivity index (χ0n) is 9.76. The van der Waals surface area contributed by atoms with Gasteiger partial charge in [0.25, 0.3) is 0 Å². The molecule has 0 atom stereocenters. The average molecular weight is 224 g/mol. The molecule has 2 aromatic rings. The third-order valence-corrected chi connectivity index (χ3v) is 3.14. The molecule has 1 N–H and O–H groups in total. The zero-order chi connectivity index (χ0) is 11.5. The van der Waals surface area contributed by atoms with E-state index in [9.17, 15) is 0 Å². The van der Waals surface area contributed by atoms with E-state index in [0.29, 0.717) is 0 Å². The number of nitrogens with one attached hydrogen (secondary N) is 1. The van der Waals surface area contributed by atoms with Crippen LogP contribution in [0.4, 0.5) is 0 Å². The van der Waals surface area contributed by atoms with Crippen molar-refractivity contribution in [3.63, 3.8) is 0 Å². The predicted molar refractivity (Wildman–Crippen MR) is 72.7 cm³/mol. The van der Waals surface area contributed by atoms with E-state index in [1.54, 1.807) is 0 Å². The van der Waals surface area contributed by atoms with Gasteiger partial charge in [-0.05, 0) is 47.8 Å². The number of rotatable bonds is 2. The molecule has 0 unspecified atom stereocenters. The topological polar surface area (TPSA) is 19.0 Å². The summed E-state index contributed by atoms with van der Waals surface area (Å²) in [6, 6.07) is 8.60. The summed E-state index contributed by atoms with van der Waals surface area (Å²) in [6.07, 6.45) is 12.0. The molecule has 0 spiro atoms. The Balaban J connectivity index is 1.79. The molecule has 2 heterocycles. The summed E-state index contributed by atoms with van der Waals surface area (Å²) < 4.78 is 0. The van der Waals surface area contributed by atoms with Crippen molar-refractivity contribution in [1.82, 2.24) is 9.88 Å². The molecule has 2 heteroatoms. The first-order chi connectivity index (χ1) is 8.42. The molecule has 0 saturated heterocycles. The minimum absolute atomic E-state index is 1.03. The van der Waals surface area contributed by atoms with E-state index in [2.05, 4.69) is 58.6 Å². The molecule has 0 amide bonds. The lowest BCUT2D eigenvalue weighted by atomic mass is 10.1. The third-order valence-electron chi connectivity index (χ3n) is 3.14. The van der Waals surface area contributed by atoms with Gasteiger partial charge in [-0.3, -0.25) is 0 Å². The standard InChI is InChI=1S/C15H16N2/c1-2-9-17(10-3-1)11-7-13-4-5-15-14(12-13)6-8-16-15/h1-2,4-8,11-12,16H,3,9-10H2. The Kier molecular flexibility index (Phi) is 2.70. The second kappa shape index (κ2) is 4.50. The summed E-state index contributed by atoms with van der Waals surface area (Å²) in [5.41, 5.74) is 2.45. The number of aromatic amines is 1. The summed E-state index contributed by atoms with van der Waals surface area (Å²) in [5, 5.41) is 1.27. The van der Waals surface area contributed by atoms with Crippen LogP contribution < -0.4 is 0 Å². The zero-order valence-corrected chi connectivity index (χ0v) is 9.76. The first-order valence-corrected chi connectivity index (χ1v) is 6.06. The molecule has 1 aliphatic heterocycles. The molecule has 1 aromatic heterocycles. The molecule has 0 radical (unpaired) electrons. The van der Waals surface area contributed by atoms with E-state index in [0.717, 1.165) is 19.5 Å². The SMILES string of the molecule is C1=CCN(C=Cc2ccc3[nH]ccc3c2)CC1. The average Bonchev–Trinajstić information content (AvgIpc) is 2.85. The fourth-order valence-corrected chi connectivity index (χ4v) is 2.16. The van der Waals surface area contributed by atoms with Gasteiger partial charge in [-0.25, -0.2) is 0 Å². The Morgan fingerprint density at radius 3 is 3.06 bits per heavy atom. The van der Waals surface area contributed by atoms with Gasteiger partial charge in [-0.15, -0.1) is 0 Å². The number of hydrogen-bond donors (Lipinski definition) is 1. The summed E-state index contributed by atoms with van der Waals surface area (Å²) in [6.45, 7) is 2.16. The minimum atomic E-state index is 1.03. The highest BCUT2D eigenvalue weighted by Gasteiger charge is 2.00. The monoisotopic (exact) mass is 224 g/mol. The summed E-state index contributed by atoms with van der Waals surface area (Å²) >= 11 is 0. The predicted octanol–water partition coefficient (Wildman–Crippen LogP) is 3.40. The van der Waals surface area contributed by atoms with E-state index in [1.165, 1.54) is 16.5 Å². The van der Waals surface area contributed by atoms with Crippen molar-refractivity contribution in [2.75, 3.05) is 13.1 Å². The van der Waals surface area contributed by atoms with Gasteiger partial charge in [0, 0.05) is 24.8 Å². The molecule has 1 aromatic carbocycles. The highest BCUT2D eigenvalue weighted by atomic mass is 15.1. The summed E-state index contributed by atoms with van der Waals surface area (Å²) in [4.78, 5) is 5.54. The van der Waals surface area contributed by atoms with Gasteiger partial charge >= 0.3 is 0 Å². The normalized spacial score (nSPS) is 16.1. The van der Waals surface area contributed by atoms with Gasteiger partial charge in [-0.2, -0.15) is 0 Å². The largest absolute Gasteiger partial charge is 0.373 e. The number of benzene rings is 1. The number of H-pyrrole nitrogens is 1. The third kappa shape index (κ3) is 2.26. The Hall–Kier alpha value is -1.96. The molecule has 3 rings (SSSR count). The Labute approximate surface area is 101 Å². The van der Waals surface area contributed by atoms with Crippen LogP contribution in [0.3, 0.4) is 0 Å². The van der Waals surface area contributed by atoms with Crippen molar-refractivity contribution in [2.45, 2.75) is 6.42 Å². The van der Waals surface area contributed by atoms with Crippen LogP contribution in [0.25, 0.3) is 17.0 Å². The first-order valence-electron chi connectivity index (χ1n) is 6.06. The maximum Gasteiger partial charge on any atom is 0.0454 e. The van der Waals surface area contributed by atoms with E-state index in [-0.39, 0.29) is 0 Å². The Morgan fingerprint density at radius 1 is 1.18 bits per heavy atom. The van der Waals surface area contributed by atoms with Crippen LogP contribution in [-0.4, -0.2) is 23.0 Å². The maximum absolute atomic E-state index is 3.21. The molecule has 86 valence electrons. The van der Waals surface area contributed by atoms with Crippen molar-refractivity contribution in [2.24, 2.45) is 0 Å². The van der Waals surface area contributed by atoms with Gasteiger partial charge in [0.05, 0.1) is 0 Å². The van der Waals surface area contributed by atoms with Crippen LogP contribution in [0.1, 0.15) is 12.0 Å². The molecule has 0 bridgehead atoms. The van der Waals surface area contributed by atoms with E-state index < -0.39 is 0 Å². The number of aromatic nitrogens is 1. The lowest BCUT2D eigenvalue weighted by molar-refractivity contribution is 0.412. The van der Waals surface area contributed by atoms with Gasteiger partial charge in [-0.1, -0.05) is 18.2 Å². The summed E-state index contributed by atoms with van der Waals surface area (Å²) in [7, 11) is 0. The molecule has 17 heavy (non-hydrogen) atoms. The highest BCUT2D eigenvalue weighted by molar-refractivity contribution is 5.81. The van der Waals surface area contributed by atoms with Gasteiger partial charge in [0.1, 0.15) is 0 Å². The van der Waals surface area contributed by atoms with Crippen LogP contribution in [0.5, 0.6) is 0 Å². The first kappa shape index (κ1) is 10.2.